The molecule has 3 nitrogen and oxygen atoms in total. The summed E-state index contributed by atoms with van der Waals surface area (Å²) < 4.78 is 25.5. The van der Waals surface area contributed by atoms with Gasteiger partial charge in [-0.3, -0.25) is 0 Å². The highest BCUT2D eigenvalue weighted by molar-refractivity contribution is 5.78. The minimum absolute atomic E-state index is 0.0539. The van der Waals surface area contributed by atoms with Gasteiger partial charge in [0.15, 0.2) is 11.4 Å². The predicted octanol–water partition coefficient (Wildman–Crippen LogP) is 3.79. The van der Waals surface area contributed by atoms with E-state index in [-0.39, 0.29) is 17.5 Å². The largest absolute Gasteiger partial charge is 0.456 e. The monoisotopic (exact) mass is 277 g/mol. The van der Waals surface area contributed by atoms with Crippen molar-refractivity contribution in [2.75, 3.05) is 13.2 Å². The van der Waals surface area contributed by atoms with Gasteiger partial charge in [0.1, 0.15) is 5.76 Å². The molecule has 0 aliphatic carbocycles. The molecule has 108 valence electrons. The molecule has 2 unspecified atom stereocenters. The first-order chi connectivity index (χ1) is 9.64. The molecule has 0 bridgehead atoms. The predicted molar refractivity (Wildman–Crippen MR) is 76.2 cm³/mol. The third kappa shape index (κ3) is 2.23. The van der Waals surface area contributed by atoms with Crippen molar-refractivity contribution < 1.29 is 13.5 Å². The zero-order valence-electron chi connectivity index (χ0n) is 11.9. The van der Waals surface area contributed by atoms with Gasteiger partial charge >= 0.3 is 0 Å². The van der Waals surface area contributed by atoms with Gasteiger partial charge in [0.05, 0.1) is 11.6 Å². The maximum Gasteiger partial charge on any atom is 0.169 e. The average molecular weight is 277 g/mol. The number of hydrogen-bond acceptors (Lipinski definition) is 3. The van der Waals surface area contributed by atoms with Crippen molar-refractivity contribution in [2.45, 2.75) is 38.3 Å². The maximum atomic E-state index is 13.8. The molecule has 1 N–H and O–H groups in total. The summed E-state index contributed by atoms with van der Waals surface area (Å²) in [6.45, 7) is 5.72. The molecule has 3 rings (SSSR count). The third-order valence-corrected chi connectivity index (χ3v) is 4.07. The topological polar surface area (TPSA) is 34.4 Å². The standard InChI is InChI=1S/C16H20FNO2/c1-3-18-15(16(2)8-5-9-19-16)13-10-11-6-4-7-12(17)14(11)20-13/h4,6-7,10,15,18H,3,5,8-9H2,1-2H3. The second kappa shape index (κ2) is 5.19. The highest BCUT2D eigenvalue weighted by atomic mass is 19.1. The molecule has 1 fully saturated rings. The molecule has 0 radical (unpaired) electrons. The summed E-state index contributed by atoms with van der Waals surface area (Å²) in [4.78, 5) is 0. The van der Waals surface area contributed by atoms with Crippen LogP contribution >= 0.6 is 0 Å². The van der Waals surface area contributed by atoms with Crippen molar-refractivity contribution >= 4 is 11.0 Å². The van der Waals surface area contributed by atoms with Gasteiger partial charge < -0.3 is 14.5 Å². The lowest BCUT2D eigenvalue weighted by Gasteiger charge is -2.32. The van der Waals surface area contributed by atoms with Crippen LogP contribution in [0.3, 0.4) is 0 Å². The summed E-state index contributed by atoms with van der Waals surface area (Å²) in [5, 5.41) is 4.22. The number of likely N-dealkylation sites (N-methyl/N-ethyl adjacent to an activating group) is 1. The molecule has 1 aromatic carbocycles. The van der Waals surface area contributed by atoms with Crippen molar-refractivity contribution in [1.29, 1.82) is 0 Å². The molecule has 0 saturated carbocycles. The zero-order valence-corrected chi connectivity index (χ0v) is 11.9. The van der Waals surface area contributed by atoms with E-state index in [1.807, 2.05) is 12.1 Å². The van der Waals surface area contributed by atoms with Gasteiger partial charge in [-0.15, -0.1) is 0 Å². The number of furan rings is 1. The first-order valence-corrected chi connectivity index (χ1v) is 7.19. The maximum absolute atomic E-state index is 13.8. The Bertz CT molecular complexity index is 602. The van der Waals surface area contributed by atoms with E-state index in [9.17, 15) is 4.39 Å². The Balaban J connectivity index is 2.03. The molecule has 2 aromatic rings. The van der Waals surface area contributed by atoms with Gasteiger partial charge in [0, 0.05) is 12.0 Å². The number of fused-ring (bicyclic) bond motifs is 1. The third-order valence-electron chi connectivity index (χ3n) is 4.07. The smallest absolute Gasteiger partial charge is 0.169 e. The second-order valence-corrected chi connectivity index (χ2v) is 5.56. The van der Waals surface area contributed by atoms with E-state index >= 15 is 0 Å². The Hall–Kier alpha value is -1.39. The molecule has 1 aromatic heterocycles. The van der Waals surface area contributed by atoms with Crippen LogP contribution in [0.25, 0.3) is 11.0 Å². The van der Waals surface area contributed by atoms with Crippen molar-refractivity contribution in [3.8, 4) is 0 Å². The van der Waals surface area contributed by atoms with E-state index in [4.69, 9.17) is 9.15 Å². The molecule has 2 atom stereocenters. The molecule has 0 spiro atoms. The van der Waals surface area contributed by atoms with Crippen molar-refractivity contribution in [3.63, 3.8) is 0 Å². The van der Waals surface area contributed by atoms with E-state index in [1.54, 1.807) is 6.07 Å². The van der Waals surface area contributed by atoms with Crippen LogP contribution in [0, 0.1) is 5.82 Å². The van der Waals surface area contributed by atoms with Gasteiger partial charge in [-0.1, -0.05) is 19.1 Å². The fourth-order valence-electron chi connectivity index (χ4n) is 3.04. The van der Waals surface area contributed by atoms with Crippen LogP contribution in [0.4, 0.5) is 4.39 Å². The van der Waals surface area contributed by atoms with Crippen molar-refractivity contribution in [1.82, 2.24) is 5.32 Å². The fraction of sp³-hybridized carbons (Fsp3) is 0.500. The van der Waals surface area contributed by atoms with Crippen LogP contribution in [0.15, 0.2) is 28.7 Å². The van der Waals surface area contributed by atoms with E-state index in [1.165, 1.54) is 6.07 Å². The summed E-state index contributed by atoms with van der Waals surface area (Å²) in [6.07, 6.45) is 2.02. The second-order valence-electron chi connectivity index (χ2n) is 5.56. The Morgan fingerprint density at radius 3 is 2.95 bits per heavy atom. The van der Waals surface area contributed by atoms with Crippen molar-refractivity contribution in [2.24, 2.45) is 0 Å². The van der Waals surface area contributed by atoms with Crippen LogP contribution in [0.1, 0.15) is 38.5 Å². The van der Waals surface area contributed by atoms with Crippen LogP contribution in [0.2, 0.25) is 0 Å². The normalized spacial score (nSPS) is 24.4. The lowest BCUT2D eigenvalue weighted by molar-refractivity contribution is -0.0173. The zero-order chi connectivity index (χ0) is 14.2. The summed E-state index contributed by atoms with van der Waals surface area (Å²) >= 11 is 0. The lowest BCUT2D eigenvalue weighted by Crippen LogP contribution is -2.41. The number of hydrogen-bond donors (Lipinski definition) is 1. The highest BCUT2D eigenvalue weighted by Crippen LogP contribution is 2.39. The SMILES string of the molecule is CCNC(c1cc2cccc(F)c2o1)C1(C)CCCO1. The van der Waals surface area contributed by atoms with Gasteiger partial charge in [0.2, 0.25) is 0 Å². The van der Waals surface area contributed by atoms with E-state index in [0.717, 1.165) is 37.1 Å². The molecular weight excluding hydrogens is 257 g/mol. The molecule has 4 heteroatoms. The first-order valence-electron chi connectivity index (χ1n) is 7.19. The minimum atomic E-state index is -0.318. The van der Waals surface area contributed by atoms with Crippen LogP contribution in [0.5, 0.6) is 0 Å². The molecule has 20 heavy (non-hydrogen) atoms. The summed E-state index contributed by atoms with van der Waals surface area (Å²) in [5.74, 6) is 0.429. The summed E-state index contributed by atoms with van der Waals surface area (Å²) in [5.41, 5.74) is 0.0346. The number of ether oxygens (including phenoxy) is 1. The molecule has 1 aliphatic rings. The van der Waals surface area contributed by atoms with E-state index in [2.05, 4.69) is 19.2 Å². The van der Waals surface area contributed by atoms with Gasteiger partial charge in [-0.05, 0) is 38.4 Å². The number of rotatable bonds is 4. The number of para-hydroxylation sites is 1. The van der Waals surface area contributed by atoms with Gasteiger partial charge in [-0.25, -0.2) is 4.39 Å². The summed E-state index contributed by atoms with van der Waals surface area (Å²) in [6, 6.07) is 6.85. The highest BCUT2D eigenvalue weighted by Gasteiger charge is 2.40. The molecule has 1 aliphatic heterocycles. The number of benzene rings is 1. The Labute approximate surface area is 118 Å². The number of halogens is 1. The minimum Gasteiger partial charge on any atom is -0.456 e. The van der Waals surface area contributed by atoms with Crippen LogP contribution in [-0.4, -0.2) is 18.8 Å². The van der Waals surface area contributed by atoms with E-state index in [0.29, 0.717) is 5.58 Å². The number of nitrogens with one attached hydrogen (secondary N) is 1. The molecule has 1 saturated heterocycles. The molecule has 0 amide bonds. The molecular formula is C16H20FNO2. The van der Waals surface area contributed by atoms with Crippen LogP contribution < -0.4 is 5.32 Å². The first kappa shape index (κ1) is 13.6. The van der Waals surface area contributed by atoms with Crippen LogP contribution in [-0.2, 0) is 4.74 Å². The fourth-order valence-corrected chi connectivity index (χ4v) is 3.04. The van der Waals surface area contributed by atoms with Crippen molar-refractivity contribution in [3.05, 3.63) is 35.8 Å². The Morgan fingerprint density at radius 1 is 1.45 bits per heavy atom. The van der Waals surface area contributed by atoms with E-state index < -0.39 is 0 Å². The quantitative estimate of drug-likeness (QED) is 0.923. The lowest BCUT2D eigenvalue weighted by atomic mass is 9.91. The molecule has 2 heterocycles. The average Bonchev–Trinajstić information content (AvgIpc) is 3.04. The Kier molecular flexibility index (Phi) is 3.52. The summed E-state index contributed by atoms with van der Waals surface area (Å²) in [7, 11) is 0. The van der Waals surface area contributed by atoms with Gasteiger partial charge in [0.25, 0.3) is 0 Å². The van der Waals surface area contributed by atoms with Gasteiger partial charge in [-0.2, -0.15) is 0 Å². The Morgan fingerprint density at radius 2 is 2.30 bits per heavy atom.